The van der Waals surface area contributed by atoms with Crippen LogP contribution >= 0.6 is 0 Å². The van der Waals surface area contributed by atoms with Gasteiger partial charge < -0.3 is 10.1 Å². The number of aryl methyl sites for hydroxylation is 2. The summed E-state index contributed by atoms with van der Waals surface area (Å²) < 4.78 is 5.73. The normalized spacial score (nSPS) is 25.8. The molecule has 0 bridgehead atoms. The fraction of sp³-hybridized carbons (Fsp3) is 0.650. The molecule has 0 aromatic heterocycles. The van der Waals surface area contributed by atoms with Crippen molar-refractivity contribution >= 4 is 5.91 Å². The van der Waals surface area contributed by atoms with E-state index in [1.54, 1.807) is 0 Å². The molecule has 0 radical (unpaired) electrons. The predicted octanol–water partition coefficient (Wildman–Crippen LogP) is 2.85. The third-order valence-electron chi connectivity index (χ3n) is 5.11. The van der Waals surface area contributed by atoms with E-state index in [-0.39, 0.29) is 24.2 Å². The summed E-state index contributed by atoms with van der Waals surface area (Å²) in [5.41, 5.74) is 4.17. The molecule has 3 rings (SSSR count). The number of benzene rings is 1. The van der Waals surface area contributed by atoms with Crippen LogP contribution in [0, 0.1) is 0 Å². The maximum atomic E-state index is 12.4. The van der Waals surface area contributed by atoms with Gasteiger partial charge in [-0.25, -0.2) is 0 Å². The van der Waals surface area contributed by atoms with Gasteiger partial charge in [0, 0.05) is 13.1 Å². The SMILES string of the molecule is C[C@H](NC(=O)CN1C[C@H](C)O[C@@H](C)C1)c1ccc2c(c1)CCCC2. The molecular formula is C20H30N2O2. The summed E-state index contributed by atoms with van der Waals surface area (Å²) in [4.78, 5) is 14.6. The minimum absolute atomic E-state index is 0.0561. The second-order valence-corrected chi connectivity index (χ2v) is 7.48. The van der Waals surface area contributed by atoms with Crippen molar-refractivity contribution in [2.45, 2.75) is 64.7 Å². The van der Waals surface area contributed by atoms with Gasteiger partial charge >= 0.3 is 0 Å². The molecule has 1 N–H and O–H groups in total. The van der Waals surface area contributed by atoms with Gasteiger partial charge in [0.1, 0.15) is 0 Å². The van der Waals surface area contributed by atoms with Crippen LogP contribution in [0.5, 0.6) is 0 Å². The average Bonchev–Trinajstić information content (AvgIpc) is 2.53. The Hall–Kier alpha value is -1.39. The number of carbonyl (C=O) groups excluding carboxylic acids is 1. The largest absolute Gasteiger partial charge is 0.373 e. The number of carbonyl (C=O) groups is 1. The lowest BCUT2D eigenvalue weighted by Crippen LogP contribution is -2.49. The summed E-state index contributed by atoms with van der Waals surface area (Å²) in [6, 6.07) is 6.77. The molecule has 1 fully saturated rings. The van der Waals surface area contributed by atoms with Crippen molar-refractivity contribution in [3.8, 4) is 0 Å². The summed E-state index contributed by atoms with van der Waals surface area (Å²) >= 11 is 0. The number of hydrogen-bond donors (Lipinski definition) is 1. The number of fused-ring (bicyclic) bond motifs is 1. The molecule has 0 unspecified atom stereocenters. The summed E-state index contributed by atoms with van der Waals surface area (Å²) in [6.07, 6.45) is 5.34. The highest BCUT2D eigenvalue weighted by Crippen LogP contribution is 2.24. The van der Waals surface area contributed by atoms with Gasteiger partial charge in [0.2, 0.25) is 5.91 Å². The molecule has 132 valence electrons. The molecule has 4 heteroatoms. The van der Waals surface area contributed by atoms with E-state index < -0.39 is 0 Å². The number of morpholine rings is 1. The van der Waals surface area contributed by atoms with E-state index >= 15 is 0 Å². The molecule has 3 atom stereocenters. The first-order chi connectivity index (χ1) is 11.5. The van der Waals surface area contributed by atoms with Crippen molar-refractivity contribution in [1.82, 2.24) is 10.2 Å². The first-order valence-corrected chi connectivity index (χ1v) is 9.30. The number of nitrogens with zero attached hydrogens (tertiary/aromatic N) is 1. The zero-order valence-corrected chi connectivity index (χ0v) is 15.2. The topological polar surface area (TPSA) is 41.6 Å². The summed E-state index contributed by atoms with van der Waals surface area (Å²) in [7, 11) is 0. The standard InChI is InChI=1S/C20H30N2O2/c1-14-11-22(12-15(2)24-14)13-20(23)21-16(3)18-9-8-17-6-4-5-7-19(17)10-18/h8-10,14-16H,4-7,11-13H2,1-3H3,(H,21,23)/t14-,15-,16-/m0/s1. The fourth-order valence-corrected chi connectivity index (χ4v) is 4.01. The van der Waals surface area contributed by atoms with Gasteiger partial charge in [-0.05, 0) is 63.1 Å². The summed E-state index contributed by atoms with van der Waals surface area (Å²) in [5, 5.41) is 3.16. The minimum atomic E-state index is 0.0561. The van der Waals surface area contributed by atoms with E-state index in [9.17, 15) is 4.79 Å². The smallest absolute Gasteiger partial charge is 0.234 e. The van der Waals surface area contributed by atoms with Gasteiger partial charge in [0.25, 0.3) is 0 Å². The molecule has 1 aromatic carbocycles. The number of nitrogens with one attached hydrogen (secondary N) is 1. The fourth-order valence-electron chi connectivity index (χ4n) is 4.01. The van der Waals surface area contributed by atoms with Crippen molar-refractivity contribution in [3.63, 3.8) is 0 Å². The lowest BCUT2D eigenvalue weighted by atomic mass is 9.89. The maximum Gasteiger partial charge on any atom is 0.234 e. The Morgan fingerprint density at radius 2 is 1.88 bits per heavy atom. The van der Waals surface area contributed by atoms with Crippen molar-refractivity contribution < 1.29 is 9.53 Å². The van der Waals surface area contributed by atoms with Crippen LogP contribution in [-0.2, 0) is 22.4 Å². The van der Waals surface area contributed by atoms with E-state index in [1.807, 2.05) is 0 Å². The summed E-state index contributed by atoms with van der Waals surface area (Å²) in [5.74, 6) is 0.0986. The Labute approximate surface area is 145 Å². The van der Waals surface area contributed by atoms with E-state index in [1.165, 1.54) is 42.4 Å². The highest BCUT2D eigenvalue weighted by molar-refractivity contribution is 5.78. The van der Waals surface area contributed by atoms with Crippen LogP contribution in [0.25, 0.3) is 0 Å². The van der Waals surface area contributed by atoms with Crippen LogP contribution in [0.2, 0.25) is 0 Å². The molecule has 1 heterocycles. The molecule has 0 saturated carbocycles. The monoisotopic (exact) mass is 330 g/mol. The maximum absolute atomic E-state index is 12.4. The average molecular weight is 330 g/mol. The van der Waals surface area contributed by atoms with Crippen LogP contribution in [0.3, 0.4) is 0 Å². The zero-order chi connectivity index (χ0) is 17.1. The first-order valence-electron chi connectivity index (χ1n) is 9.30. The molecular weight excluding hydrogens is 300 g/mol. The van der Waals surface area contributed by atoms with Gasteiger partial charge in [-0.3, -0.25) is 9.69 Å². The number of rotatable bonds is 4. The second-order valence-electron chi connectivity index (χ2n) is 7.48. The van der Waals surface area contributed by atoms with Gasteiger partial charge in [-0.15, -0.1) is 0 Å². The summed E-state index contributed by atoms with van der Waals surface area (Å²) in [6.45, 7) is 8.31. The second kappa shape index (κ2) is 7.66. The van der Waals surface area contributed by atoms with E-state index in [4.69, 9.17) is 4.74 Å². The third-order valence-corrected chi connectivity index (χ3v) is 5.11. The molecule has 24 heavy (non-hydrogen) atoms. The Kier molecular flexibility index (Phi) is 5.57. The lowest BCUT2D eigenvalue weighted by Gasteiger charge is -2.35. The molecule has 4 nitrogen and oxygen atoms in total. The van der Waals surface area contributed by atoms with E-state index in [2.05, 4.69) is 49.2 Å². The minimum Gasteiger partial charge on any atom is -0.373 e. The third kappa shape index (κ3) is 4.37. The van der Waals surface area contributed by atoms with Crippen LogP contribution in [0.4, 0.5) is 0 Å². The molecule has 1 aliphatic carbocycles. The van der Waals surface area contributed by atoms with Crippen molar-refractivity contribution in [3.05, 3.63) is 34.9 Å². The van der Waals surface area contributed by atoms with Crippen LogP contribution in [0.1, 0.15) is 56.3 Å². The van der Waals surface area contributed by atoms with Crippen LogP contribution < -0.4 is 5.32 Å². The highest BCUT2D eigenvalue weighted by Gasteiger charge is 2.24. The molecule has 1 aliphatic heterocycles. The van der Waals surface area contributed by atoms with Crippen LogP contribution in [-0.4, -0.2) is 42.6 Å². The molecule has 0 spiro atoms. The van der Waals surface area contributed by atoms with Gasteiger partial charge in [0.05, 0.1) is 24.8 Å². The van der Waals surface area contributed by atoms with Crippen molar-refractivity contribution in [1.29, 1.82) is 0 Å². The van der Waals surface area contributed by atoms with E-state index in [0.29, 0.717) is 6.54 Å². The Balaban J connectivity index is 1.56. The zero-order valence-electron chi connectivity index (χ0n) is 15.2. The Morgan fingerprint density at radius 1 is 1.21 bits per heavy atom. The molecule has 1 saturated heterocycles. The van der Waals surface area contributed by atoms with Crippen LogP contribution in [0.15, 0.2) is 18.2 Å². The van der Waals surface area contributed by atoms with Crippen molar-refractivity contribution in [2.75, 3.05) is 19.6 Å². The Morgan fingerprint density at radius 3 is 2.58 bits per heavy atom. The van der Waals surface area contributed by atoms with Gasteiger partial charge in [-0.1, -0.05) is 18.2 Å². The number of ether oxygens (including phenoxy) is 1. The predicted molar refractivity (Wildman–Crippen MR) is 96.1 cm³/mol. The van der Waals surface area contributed by atoms with E-state index in [0.717, 1.165) is 13.1 Å². The van der Waals surface area contributed by atoms with Crippen molar-refractivity contribution in [2.24, 2.45) is 0 Å². The lowest BCUT2D eigenvalue weighted by molar-refractivity contribution is -0.126. The quantitative estimate of drug-likeness (QED) is 0.923. The van der Waals surface area contributed by atoms with Gasteiger partial charge in [-0.2, -0.15) is 0 Å². The number of amides is 1. The Bertz CT molecular complexity index is 577. The molecule has 2 aliphatic rings. The van der Waals surface area contributed by atoms with Gasteiger partial charge in [0.15, 0.2) is 0 Å². The number of hydrogen-bond acceptors (Lipinski definition) is 3. The molecule has 1 amide bonds. The highest BCUT2D eigenvalue weighted by atomic mass is 16.5. The molecule has 1 aromatic rings. The first kappa shape index (κ1) is 17.4.